The van der Waals surface area contributed by atoms with Crippen LogP contribution in [-0.2, 0) is 0 Å². The molecule has 0 fully saturated rings. The van der Waals surface area contributed by atoms with Gasteiger partial charge in [0, 0.05) is 6.04 Å². The molecule has 0 aromatic heterocycles. The number of benzene rings is 1. The van der Waals surface area contributed by atoms with Crippen molar-refractivity contribution in [2.75, 3.05) is 6.61 Å². The molecule has 0 amide bonds. The van der Waals surface area contributed by atoms with Crippen molar-refractivity contribution in [1.29, 1.82) is 0 Å². The largest absolute Gasteiger partial charge is 0.395 e. The van der Waals surface area contributed by atoms with Gasteiger partial charge >= 0.3 is 0 Å². The van der Waals surface area contributed by atoms with Crippen molar-refractivity contribution in [3.05, 3.63) is 35.9 Å². The summed E-state index contributed by atoms with van der Waals surface area (Å²) in [4.78, 5) is 0. The molecule has 12 heavy (non-hydrogen) atoms. The number of hydrogen-bond donors (Lipinski definition) is 2. The Bertz CT molecular complexity index is 223. The molecular formula is C10H15NO. The predicted octanol–water partition coefficient (Wildman–Crippen LogP) is 1.11. The van der Waals surface area contributed by atoms with Gasteiger partial charge in [-0.05, 0) is 11.5 Å². The van der Waals surface area contributed by atoms with Crippen molar-refractivity contribution in [2.24, 2.45) is 5.73 Å². The molecule has 1 rings (SSSR count). The SMILES string of the molecule is CC(c1ccccc1)C(N)CO. The Kier molecular flexibility index (Phi) is 3.26. The molecule has 0 saturated heterocycles. The summed E-state index contributed by atoms with van der Waals surface area (Å²) in [5.41, 5.74) is 6.88. The third kappa shape index (κ3) is 2.06. The highest BCUT2D eigenvalue weighted by Crippen LogP contribution is 2.16. The molecule has 1 aromatic rings. The Labute approximate surface area is 73.0 Å². The lowest BCUT2D eigenvalue weighted by Gasteiger charge is -2.17. The first-order chi connectivity index (χ1) is 5.75. The van der Waals surface area contributed by atoms with Crippen LogP contribution in [0.2, 0.25) is 0 Å². The monoisotopic (exact) mass is 165 g/mol. The van der Waals surface area contributed by atoms with Gasteiger partial charge in [-0.15, -0.1) is 0 Å². The summed E-state index contributed by atoms with van der Waals surface area (Å²) < 4.78 is 0. The normalized spacial score (nSPS) is 15.6. The van der Waals surface area contributed by atoms with Crippen molar-refractivity contribution in [3.8, 4) is 0 Å². The fraction of sp³-hybridized carbons (Fsp3) is 0.400. The van der Waals surface area contributed by atoms with Gasteiger partial charge in [0.15, 0.2) is 0 Å². The van der Waals surface area contributed by atoms with E-state index in [1.807, 2.05) is 37.3 Å². The van der Waals surface area contributed by atoms with Crippen molar-refractivity contribution in [1.82, 2.24) is 0 Å². The van der Waals surface area contributed by atoms with Gasteiger partial charge in [-0.1, -0.05) is 37.3 Å². The van der Waals surface area contributed by atoms with E-state index >= 15 is 0 Å². The zero-order valence-electron chi connectivity index (χ0n) is 7.27. The lowest BCUT2D eigenvalue weighted by Crippen LogP contribution is -2.30. The number of nitrogens with two attached hydrogens (primary N) is 1. The van der Waals surface area contributed by atoms with E-state index in [1.54, 1.807) is 0 Å². The molecule has 0 bridgehead atoms. The van der Waals surface area contributed by atoms with Crippen LogP contribution in [0.25, 0.3) is 0 Å². The van der Waals surface area contributed by atoms with Crippen LogP contribution in [0, 0.1) is 0 Å². The number of rotatable bonds is 3. The smallest absolute Gasteiger partial charge is 0.0588 e. The first-order valence-corrected chi connectivity index (χ1v) is 4.17. The van der Waals surface area contributed by atoms with Gasteiger partial charge in [-0.3, -0.25) is 0 Å². The quantitative estimate of drug-likeness (QED) is 0.704. The van der Waals surface area contributed by atoms with E-state index in [0.717, 1.165) is 0 Å². The maximum absolute atomic E-state index is 8.84. The van der Waals surface area contributed by atoms with E-state index in [4.69, 9.17) is 10.8 Å². The lowest BCUT2D eigenvalue weighted by atomic mass is 9.95. The summed E-state index contributed by atoms with van der Waals surface area (Å²) in [5.74, 6) is 0.219. The Morgan fingerprint density at radius 3 is 2.42 bits per heavy atom. The van der Waals surface area contributed by atoms with E-state index in [2.05, 4.69) is 0 Å². The Balaban J connectivity index is 2.71. The molecule has 2 atom stereocenters. The van der Waals surface area contributed by atoms with Gasteiger partial charge in [0.1, 0.15) is 0 Å². The molecule has 0 heterocycles. The molecule has 0 aliphatic heterocycles. The van der Waals surface area contributed by atoms with E-state index in [0.29, 0.717) is 0 Å². The second kappa shape index (κ2) is 4.24. The molecule has 66 valence electrons. The van der Waals surface area contributed by atoms with Crippen molar-refractivity contribution in [3.63, 3.8) is 0 Å². The summed E-state index contributed by atoms with van der Waals surface area (Å²) in [6.07, 6.45) is 0. The minimum Gasteiger partial charge on any atom is -0.395 e. The topological polar surface area (TPSA) is 46.2 Å². The highest BCUT2D eigenvalue weighted by atomic mass is 16.3. The zero-order valence-corrected chi connectivity index (χ0v) is 7.27. The molecule has 3 N–H and O–H groups in total. The van der Waals surface area contributed by atoms with Crippen LogP contribution in [0.15, 0.2) is 30.3 Å². The van der Waals surface area contributed by atoms with Gasteiger partial charge in [0.2, 0.25) is 0 Å². The second-order valence-electron chi connectivity index (χ2n) is 3.05. The zero-order chi connectivity index (χ0) is 8.97. The maximum Gasteiger partial charge on any atom is 0.0588 e. The standard InChI is InChI=1S/C10H15NO/c1-8(10(11)7-12)9-5-3-2-4-6-9/h2-6,8,10,12H,7,11H2,1H3. The molecule has 0 spiro atoms. The number of hydrogen-bond acceptors (Lipinski definition) is 2. The first-order valence-electron chi connectivity index (χ1n) is 4.17. The van der Waals surface area contributed by atoms with E-state index in [-0.39, 0.29) is 18.6 Å². The fourth-order valence-electron chi connectivity index (χ4n) is 1.16. The van der Waals surface area contributed by atoms with Crippen LogP contribution in [0.5, 0.6) is 0 Å². The van der Waals surface area contributed by atoms with Gasteiger partial charge in [0.25, 0.3) is 0 Å². The Morgan fingerprint density at radius 2 is 1.92 bits per heavy atom. The number of aliphatic hydroxyl groups excluding tert-OH is 1. The molecular weight excluding hydrogens is 150 g/mol. The number of aliphatic hydroxyl groups is 1. The molecule has 0 saturated carbocycles. The predicted molar refractivity (Wildman–Crippen MR) is 49.9 cm³/mol. The third-order valence-electron chi connectivity index (χ3n) is 2.18. The van der Waals surface area contributed by atoms with Gasteiger partial charge in [0.05, 0.1) is 6.61 Å². The average molecular weight is 165 g/mol. The van der Waals surface area contributed by atoms with Crippen LogP contribution >= 0.6 is 0 Å². The Morgan fingerprint density at radius 1 is 1.33 bits per heavy atom. The van der Waals surface area contributed by atoms with Crippen LogP contribution in [0.4, 0.5) is 0 Å². The molecule has 0 radical (unpaired) electrons. The summed E-state index contributed by atoms with van der Waals surface area (Å²) in [5, 5.41) is 8.84. The maximum atomic E-state index is 8.84. The highest BCUT2D eigenvalue weighted by molar-refractivity contribution is 5.20. The average Bonchev–Trinajstić information content (AvgIpc) is 2.17. The van der Waals surface area contributed by atoms with Crippen molar-refractivity contribution < 1.29 is 5.11 Å². The lowest BCUT2D eigenvalue weighted by molar-refractivity contribution is 0.252. The van der Waals surface area contributed by atoms with Crippen LogP contribution in [0.3, 0.4) is 0 Å². The molecule has 0 aliphatic carbocycles. The second-order valence-corrected chi connectivity index (χ2v) is 3.05. The van der Waals surface area contributed by atoms with Crippen molar-refractivity contribution in [2.45, 2.75) is 18.9 Å². The minimum atomic E-state index is -0.160. The highest BCUT2D eigenvalue weighted by Gasteiger charge is 2.12. The first kappa shape index (κ1) is 9.23. The third-order valence-corrected chi connectivity index (χ3v) is 2.18. The van der Waals surface area contributed by atoms with Crippen LogP contribution in [0.1, 0.15) is 18.4 Å². The van der Waals surface area contributed by atoms with E-state index < -0.39 is 0 Å². The summed E-state index contributed by atoms with van der Waals surface area (Å²) in [6.45, 7) is 2.06. The molecule has 1 aromatic carbocycles. The van der Waals surface area contributed by atoms with E-state index in [9.17, 15) is 0 Å². The fourth-order valence-corrected chi connectivity index (χ4v) is 1.16. The Hall–Kier alpha value is -0.860. The molecule has 2 nitrogen and oxygen atoms in total. The van der Waals surface area contributed by atoms with Crippen LogP contribution in [-0.4, -0.2) is 17.8 Å². The van der Waals surface area contributed by atoms with Crippen molar-refractivity contribution >= 4 is 0 Å². The summed E-state index contributed by atoms with van der Waals surface area (Å²) in [7, 11) is 0. The molecule has 0 aliphatic rings. The molecule has 2 unspecified atom stereocenters. The summed E-state index contributed by atoms with van der Waals surface area (Å²) in [6, 6.07) is 9.83. The summed E-state index contributed by atoms with van der Waals surface area (Å²) >= 11 is 0. The minimum absolute atomic E-state index is 0.0378. The van der Waals surface area contributed by atoms with Gasteiger partial charge < -0.3 is 10.8 Å². The van der Waals surface area contributed by atoms with Gasteiger partial charge in [-0.25, -0.2) is 0 Å². The van der Waals surface area contributed by atoms with Crippen LogP contribution < -0.4 is 5.73 Å². The molecule has 2 heteroatoms. The van der Waals surface area contributed by atoms with E-state index in [1.165, 1.54) is 5.56 Å². The van der Waals surface area contributed by atoms with Gasteiger partial charge in [-0.2, -0.15) is 0 Å².